The number of ether oxygens (including phenoxy) is 2. The van der Waals surface area contributed by atoms with Gasteiger partial charge in [0.15, 0.2) is 0 Å². The van der Waals surface area contributed by atoms with Crippen LogP contribution in [0, 0.1) is 17.8 Å². The van der Waals surface area contributed by atoms with E-state index in [2.05, 4.69) is 31.1 Å². The molecule has 5 aliphatic rings. The zero-order chi connectivity index (χ0) is 33.6. The maximum atomic E-state index is 13.3. The van der Waals surface area contributed by atoms with Gasteiger partial charge in [0.2, 0.25) is 5.91 Å². The number of aliphatic hydroxyl groups is 1. The minimum atomic E-state index is -3.17. The third kappa shape index (κ3) is 8.93. The first-order valence-electron chi connectivity index (χ1n) is 18.7. The number of carbonyl (C=O) groups excluding carboxylic acids is 2. The van der Waals surface area contributed by atoms with Crippen LogP contribution < -0.4 is 20.1 Å². The van der Waals surface area contributed by atoms with Gasteiger partial charge in [0, 0.05) is 5.54 Å². The van der Waals surface area contributed by atoms with Gasteiger partial charge in [-0.2, -0.15) is 0 Å². The quantitative estimate of drug-likeness (QED) is 0.141. The molecule has 4 aliphatic carbocycles. The van der Waals surface area contributed by atoms with Crippen LogP contribution in [0.4, 0.5) is 0 Å². The summed E-state index contributed by atoms with van der Waals surface area (Å²) in [6.07, 6.45) is 14.0. The molecule has 6 rings (SSSR count). The molecule has 0 aromatic carbocycles. The fraction of sp³-hybridized carbons (Fsp3) is 0.833. The van der Waals surface area contributed by atoms with Crippen LogP contribution in [0.1, 0.15) is 130 Å². The molecule has 10 nitrogen and oxygen atoms in total. The summed E-state index contributed by atoms with van der Waals surface area (Å²) in [5, 5.41) is 14.2. The van der Waals surface area contributed by atoms with Gasteiger partial charge in [-0.15, -0.1) is 0 Å². The number of amides is 1. The van der Waals surface area contributed by atoms with Crippen molar-refractivity contribution in [2.24, 2.45) is 17.8 Å². The molecule has 2 heterocycles. The number of aromatic nitrogens is 2. The van der Waals surface area contributed by atoms with Crippen molar-refractivity contribution < 1.29 is 24.2 Å². The van der Waals surface area contributed by atoms with Crippen molar-refractivity contribution in [2.45, 2.75) is 161 Å². The van der Waals surface area contributed by atoms with Crippen LogP contribution in [0.25, 0.3) is 0 Å². The van der Waals surface area contributed by atoms with E-state index in [1.807, 2.05) is 0 Å². The van der Waals surface area contributed by atoms with E-state index in [9.17, 15) is 24.3 Å². The maximum absolute atomic E-state index is 13.3. The normalized spacial score (nSPS) is 29.7. The number of rotatable bonds is 18. The number of H-pyrrole nitrogens is 1. The predicted octanol–water partition coefficient (Wildman–Crippen LogP) is 5.04. The number of esters is 1. The summed E-state index contributed by atoms with van der Waals surface area (Å²) in [6, 6.07) is 0. The second kappa shape index (κ2) is 16.4. The molecular weight excluding hydrogens is 705 g/mol. The van der Waals surface area contributed by atoms with Crippen LogP contribution in [-0.4, -0.2) is 69.3 Å². The average molecular weight is 765 g/mol. The Morgan fingerprint density at radius 1 is 0.936 bits per heavy atom. The molecule has 0 spiro atoms. The minimum absolute atomic E-state index is 0.0237. The van der Waals surface area contributed by atoms with Crippen molar-refractivity contribution >= 4 is 33.8 Å². The van der Waals surface area contributed by atoms with Crippen LogP contribution in [0.2, 0.25) is 13.3 Å². The van der Waals surface area contributed by atoms with E-state index in [1.54, 1.807) is 6.20 Å². The molecule has 5 fully saturated rings. The third-order valence-corrected chi connectivity index (χ3v) is 27.2. The van der Waals surface area contributed by atoms with E-state index in [4.69, 9.17) is 9.47 Å². The molecule has 4 bridgehead atoms. The van der Waals surface area contributed by atoms with Crippen molar-refractivity contribution in [1.29, 1.82) is 0 Å². The van der Waals surface area contributed by atoms with Crippen LogP contribution in [0.15, 0.2) is 15.8 Å². The fourth-order valence-electron chi connectivity index (χ4n) is 9.70. The summed E-state index contributed by atoms with van der Waals surface area (Å²) in [5.74, 6) is 1.86. The summed E-state index contributed by atoms with van der Waals surface area (Å²) >= 11 is -3.17. The standard InChI is InChI=1S/C24H32N3O7.3C4H9.Sn/c28-17-9-21(27-5-4-19(29)25-23(27)32)34-18(17)13-33-22(31)3-1-2-20(30)26-24-10-14-6-15(11-24)8-16(7-14)12-24;3*1-3-4-2;/h5,14-18,21,28H,1-3,6-13H2,(H,26,30)(H,25,29,32);3*1,3-4H2,2H3;/t14?,15?,16?,17-,18+,21+,24?;;;;/m0..../s1. The van der Waals surface area contributed by atoms with Crippen LogP contribution in [0.3, 0.4) is 0 Å². The third-order valence-electron chi connectivity index (χ3n) is 11.7. The molecule has 1 saturated heterocycles. The van der Waals surface area contributed by atoms with Gasteiger partial charge >= 0.3 is 207 Å². The van der Waals surface area contributed by atoms with Crippen molar-refractivity contribution in [3.05, 3.63) is 27.0 Å². The molecule has 47 heavy (non-hydrogen) atoms. The van der Waals surface area contributed by atoms with Crippen molar-refractivity contribution in [3.8, 4) is 0 Å². The van der Waals surface area contributed by atoms with Gasteiger partial charge < -0.3 is 5.32 Å². The molecule has 1 aromatic rings. The van der Waals surface area contributed by atoms with Gasteiger partial charge in [-0.1, -0.05) is 0 Å². The fourth-order valence-corrected chi connectivity index (χ4v) is 25.7. The van der Waals surface area contributed by atoms with Crippen molar-refractivity contribution in [1.82, 2.24) is 14.9 Å². The Labute approximate surface area is 284 Å². The molecule has 4 saturated carbocycles. The van der Waals surface area contributed by atoms with Gasteiger partial charge in [-0.25, -0.2) is 0 Å². The molecular formula is C36H59N3O7Sn. The van der Waals surface area contributed by atoms with Crippen LogP contribution in [-0.2, 0) is 19.1 Å². The molecule has 3 N–H and O–H groups in total. The molecule has 1 aliphatic heterocycles. The summed E-state index contributed by atoms with van der Waals surface area (Å²) in [5.41, 5.74) is -0.818. The second-order valence-corrected chi connectivity index (χ2v) is 28.6. The van der Waals surface area contributed by atoms with Crippen molar-refractivity contribution in [3.63, 3.8) is 0 Å². The zero-order valence-electron chi connectivity index (χ0n) is 29.0. The first-order chi connectivity index (χ1) is 22.6. The van der Waals surface area contributed by atoms with Crippen LogP contribution >= 0.6 is 0 Å². The number of hydrogen-bond acceptors (Lipinski definition) is 7. The average Bonchev–Trinajstić information content (AvgIpc) is 3.39. The monoisotopic (exact) mass is 765 g/mol. The number of unbranched alkanes of at least 4 members (excludes halogenated alkanes) is 3. The molecule has 264 valence electrons. The van der Waals surface area contributed by atoms with Gasteiger partial charge in [0.1, 0.15) is 0 Å². The first-order valence-corrected chi connectivity index (χ1v) is 26.2. The summed E-state index contributed by atoms with van der Waals surface area (Å²) < 4.78 is 17.1. The predicted molar refractivity (Wildman–Crippen MR) is 184 cm³/mol. The zero-order valence-corrected chi connectivity index (χ0v) is 31.9. The number of aliphatic hydroxyl groups excluding tert-OH is 1. The molecule has 1 aromatic heterocycles. The summed E-state index contributed by atoms with van der Waals surface area (Å²) in [6.45, 7) is 6.42. The van der Waals surface area contributed by atoms with Gasteiger partial charge in [-0.3, -0.25) is 4.79 Å². The van der Waals surface area contributed by atoms with E-state index in [-0.39, 0.29) is 36.5 Å². The summed E-state index contributed by atoms with van der Waals surface area (Å²) in [4.78, 5) is 54.4. The second-order valence-electron chi connectivity index (χ2n) is 15.5. The van der Waals surface area contributed by atoms with E-state index in [1.165, 1.54) is 23.8 Å². The first kappa shape index (κ1) is 36.6. The molecule has 0 radical (unpaired) electrons. The molecule has 0 unspecified atom stereocenters. The Hall–Kier alpha value is -1.66. The Bertz CT molecular complexity index is 1290. The number of nitrogens with zero attached hydrogens (tertiary/aromatic N) is 1. The summed E-state index contributed by atoms with van der Waals surface area (Å²) in [7, 11) is 0. The van der Waals surface area contributed by atoms with E-state index >= 15 is 0 Å². The topological polar surface area (TPSA) is 140 Å². The van der Waals surface area contributed by atoms with E-state index in [0.29, 0.717) is 12.8 Å². The number of nitrogens with one attached hydrogen (secondary N) is 2. The Morgan fingerprint density at radius 2 is 1.51 bits per heavy atom. The van der Waals surface area contributed by atoms with E-state index in [0.717, 1.165) is 92.4 Å². The molecule has 1 amide bonds. The number of aromatic amines is 1. The van der Waals surface area contributed by atoms with Gasteiger partial charge in [-0.05, 0) is 56.3 Å². The van der Waals surface area contributed by atoms with Gasteiger partial charge in [0.05, 0.1) is 0 Å². The number of carbonyl (C=O) groups is 2. The van der Waals surface area contributed by atoms with Gasteiger partial charge in [0.25, 0.3) is 0 Å². The SMILES string of the molecule is CCC[CH2][Sn]([CH2]CCC)([CH2]CCC)[c]1cn([C@H]2C[C@H](O)[C@@H](COC(=O)CCCC(=O)NC34CC5CC(CC(C5)C3)C4)O2)c(=O)[nH]c1=O. The molecule has 3 atom stereocenters. The van der Waals surface area contributed by atoms with E-state index < -0.39 is 48.5 Å². The Morgan fingerprint density at radius 3 is 2.06 bits per heavy atom. The van der Waals surface area contributed by atoms with Crippen LogP contribution in [0.5, 0.6) is 0 Å². The Balaban J connectivity index is 1.14. The Kier molecular flexibility index (Phi) is 12.7. The number of hydrogen-bond donors (Lipinski definition) is 3. The molecule has 11 heteroatoms. The van der Waals surface area contributed by atoms with Crippen molar-refractivity contribution in [2.75, 3.05) is 6.61 Å².